The Labute approximate surface area is 109 Å². The van der Waals surface area contributed by atoms with Crippen LogP contribution in [-0.2, 0) is 9.92 Å². The fourth-order valence-electron chi connectivity index (χ4n) is 1.70. The van der Waals surface area contributed by atoms with Crippen molar-refractivity contribution < 1.29 is 18.8 Å². The van der Waals surface area contributed by atoms with E-state index in [0.29, 0.717) is 12.8 Å². The number of hydrogen-bond acceptors (Lipinski definition) is 8. The summed E-state index contributed by atoms with van der Waals surface area (Å²) in [5, 5.41) is 18.3. The molecule has 19 heavy (non-hydrogen) atoms. The molecule has 1 heterocycles. The van der Waals surface area contributed by atoms with E-state index in [0.717, 1.165) is 0 Å². The first-order valence-electron chi connectivity index (χ1n) is 5.37. The van der Waals surface area contributed by atoms with E-state index in [1.165, 1.54) is 6.26 Å². The third-order valence-electron chi connectivity index (χ3n) is 2.57. The van der Waals surface area contributed by atoms with Gasteiger partial charge in [0.15, 0.2) is 5.84 Å². The van der Waals surface area contributed by atoms with Gasteiger partial charge in [-0.05, 0) is 10.3 Å². The van der Waals surface area contributed by atoms with Crippen molar-refractivity contribution in [3.05, 3.63) is 5.69 Å². The molecular formula is C8H14N6O4S. The van der Waals surface area contributed by atoms with Crippen molar-refractivity contribution in [2.24, 2.45) is 10.9 Å². The van der Waals surface area contributed by atoms with Crippen molar-refractivity contribution >= 4 is 15.8 Å². The van der Waals surface area contributed by atoms with Gasteiger partial charge in [-0.1, -0.05) is 5.16 Å². The highest BCUT2D eigenvalue weighted by atomic mass is 32.2. The summed E-state index contributed by atoms with van der Waals surface area (Å²) in [5.41, 5.74) is 5.39. The predicted molar refractivity (Wildman–Crippen MR) is 64.2 cm³/mol. The lowest BCUT2D eigenvalue weighted by Gasteiger charge is -2.34. The fourth-order valence-corrected chi connectivity index (χ4v) is 2.52. The number of nitrogens with one attached hydrogen (secondary N) is 2. The van der Waals surface area contributed by atoms with E-state index in [1.807, 2.05) is 0 Å². The van der Waals surface area contributed by atoms with Gasteiger partial charge < -0.3 is 15.7 Å². The number of oxime groups is 1. The minimum atomic E-state index is -2.72. The highest BCUT2D eigenvalue weighted by Crippen LogP contribution is 2.26. The Morgan fingerprint density at radius 1 is 1.68 bits per heavy atom. The Kier molecular flexibility index (Phi) is 3.57. The van der Waals surface area contributed by atoms with Gasteiger partial charge in [0.25, 0.3) is 5.88 Å². The Bertz CT molecular complexity index is 576. The van der Waals surface area contributed by atoms with Gasteiger partial charge in [-0.25, -0.2) is 18.3 Å². The van der Waals surface area contributed by atoms with Crippen molar-refractivity contribution in [3.63, 3.8) is 0 Å². The van der Waals surface area contributed by atoms with Crippen LogP contribution in [0.5, 0.6) is 5.88 Å². The lowest BCUT2D eigenvalue weighted by atomic mass is 9.90. The maximum Gasteiger partial charge on any atom is 0.287 e. The number of rotatable bonds is 5. The van der Waals surface area contributed by atoms with E-state index >= 15 is 0 Å². The summed E-state index contributed by atoms with van der Waals surface area (Å²) < 4.78 is 31.1. The molecule has 1 saturated carbocycles. The molecule has 1 aromatic rings. The molecule has 0 aliphatic heterocycles. The molecule has 1 atom stereocenters. The Hall–Kier alpha value is -1.88. The van der Waals surface area contributed by atoms with Crippen LogP contribution in [0.25, 0.3) is 0 Å². The standard InChI is InChI=1S/C8H14N6O4S/c1-19(10,16)14-4-2-5(3-4)17-8-6(7(9)11-15)12-18-13-8/h4-5,15H,2-3H2,1H3,(H2,9,11)(H2,10,14,16). The van der Waals surface area contributed by atoms with Crippen molar-refractivity contribution in [1.29, 1.82) is 4.78 Å². The van der Waals surface area contributed by atoms with E-state index in [4.69, 9.17) is 20.5 Å². The molecule has 1 aliphatic carbocycles. The Balaban J connectivity index is 1.90. The summed E-state index contributed by atoms with van der Waals surface area (Å²) in [6.07, 6.45) is 2.30. The molecule has 11 heteroatoms. The second-order valence-electron chi connectivity index (χ2n) is 4.27. The number of amidine groups is 1. The maximum absolute atomic E-state index is 11.2. The summed E-state index contributed by atoms with van der Waals surface area (Å²) in [6.45, 7) is 0. The monoisotopic (exact) mass is 290 g/mol. The minimum Gasteiger partial charge on any atom is -0.470 e. The number of nitrogens with zero attached hydrogens (tertiary/aromatic N) is 3. The summed E-state index contributed by atoms with van der Waals surface area (Å²) in [5.74, 6) is -0.213. The summed E-state index contributed by atoms with van der Waals surface area (Å²) >= 11 is 0. The van der Waals surface area contributed by atoms with Gasteiger partial charge in [0.1, 0.15) is 16.0 Å². The molecule has 5 N–H and O–H groups in total. The van der Waals surface area contributed by atoms with Crippen LogP contribution >= 0.6 is 0 Å². The van der Waals surface area contributed by atoms with Crippen LogP contribution in [0.4, 0.5) is 0 Å². The first kappa shape index (κ1) is 13.5. The van der Waals surface area contributed by atoms with Crippen molar-refractivity contribution in [2.45, 2.75) is 25.0 Å². The van der Waals surface area contributed by atoms with E-state index in [-0.39, 0.29) is 29.6 Å². The zero-order chi connectivity index (χ0) is 14.0. The van der Waals surface area contributed by atoms with Gasteiger partial charge >= 0.3 is 0 Å². The zero-order valence-corrected chi connectivity index (χ0v) is 10.9. The molecule has 0 bridgehead atoms. The maximum atomic E-state index is 11.2. The minimum absolute atomic E-state index is 0.0266. The van der Waals surface area contributed by atoms with Gasteiger partial charge in [0.05, 0.1) is 0 Å². The average molecular weight is 290 g/mol. The van der Waals surface area contributed by atoms with Gasteiger partial charge in [-0.2, -0.15) is 0 Å². The van der Waals surface area contributed by atoms with Crippen LogP contribution in [0.15, 0.2) is 9.78 Å². The number of nitrogens with two attached hydrogens (primary N) is 1. The Morgan fingerprint density at radius 2 is 2.37 bits per heavy atom. The first-order valence-corrected chi connectivity index (χ1v) is 7.34. The van der Waals surface area contributed by atoms with Gasteiger partial charge in [-0.15, -0.1) is 0 Å². The molecule has 1 unspecified atom stereocenters. The lowest BCUT2D eigenvalue weighted by molar-refractivity contribution is 0.0851. The van der Waals surface area contributed by atoms with Crippen molar-refractivity contribution in [2.75, 3.05) is 6.26 Å². The quantitative estimate of drug-likeness (QED) is 0.240. The van der Waals surface area contributed by atoms with Crippen LogP contribution in [0.3, 0.4) is 0 Å². The van der Waals surface area contributed by atoms with Crippen LogP contribution in [-0.4, -0.2) is 44.0 Å². The second-order valence-corrected chi connectivity index (χ2v) is 6.20. The average Bonchev–Trinajstić information content (AvgIpc) is 2.71. The van der Waals surface area contributed by atoms with E-state index < -0.39 is 9.92 Å². The van der Waals surface area contributed by atoms with Crippen molar-refractivity contribution in [1.82, 2.24) is 15.0 Å². The number of aromatic nitrogens is 2. The molecule has 0 aromatic carbocycles. The third kappa shape index (κ3) is 3.32. The van der Waals surface area contributed by atoms with Crippen LogP contribution in [0.2, 0.25) is 0 Å². The largest absolute Gasteiger partial charge is 0.470 e. The smallest absolute Gasteiger partial charge is 0.287 e. The number of hydrogen-bond donors (Lipinski definition) is 4. The van der Waals surface area contributed by atoms with Crippen LogP contribution < -0.4 is 15.2 Å². The van der Waals surface area contributed by atoms with E-state index in [9.17, 15) is 4.21 Å². The predicted octanol–water partition coefficient (Wildman–Crippen LogP) is -0.745. The molecule has 106 valence electrons. The lowest BCUT2D eigenvalue weighted by Crippen LogP contribution is -2.48. The van der Waals surface area contributed by atoms with Crippen LogP contribution in [0, 0.1) is 4.78 Å². The fraction of sp³-hybridized carbons (Fsp3) is 0.625. The molecule has 2 rings (SSSR count). The molecule has 1 aromatic heterocycles. The molecule has 10 nitrogen and oxygen atoms in total. The summed E-state index contributed by atoms with van der Waals surface area (Å²) in [7, 11) is -2.72. The Morgan fingerprint density at radius 3 is 2.95 bits per heavy atom. The molecule has 0 spiro atoms. The first-order chi connectivity index (χ1) is 8.89. The summed E-state index contributed by atoms with van der Waals surface area (Å²) in [4.78, 5) is 0. The second kappa shape index (κ2) is 5.01. The van der Waals surface area contributed by atoms with E-state index in [2.05, 4.69) is 24.8 Å². The molecule has 0 amide bonds. The molecule has 0 radical (unpaired) electrons. The molecular weight excluding hydrogens is 276 g/mol. The number of ether oxygens (including phenoxy) is 1. The third-order valence-corrected chi connectivity index (χ3v) is 3.36. The van der Waals surface area contributed by atoms with Gasteiger partial charge in [-0.3, -0.25) is 0 Å². The van der Waals surface area contributed by atoms with E-state index in [1.54, 1.807) is 0 Å². The normalized spacial score (nSPS) is 26.5. The highest BCUT2D eigenvalue weighted by molar-refractivity contribution is 7.89. The summed E-state index contributed by atoms with van der Waals surface area (Å²) in [6, 6.07) is -0.0350. The van der Waals surface area contributed by atoms with Gasteiger partial charge in [0, 0.05) is 25.1 Å². The topological polar surface area (TPSA) is 160 Å². The molecule has 1 aliphatic rings. The van der Waals surface area contributed by atoms with Gasteiger partial charge in [0.2, 0.25) is 5.69 Å². The SMILES string of the molecule is CS(=N)(=O)NC1CC(Oc2nonc2/C(N)=N\O)C1. The highest BCUT2D eigenvalue weighted by Gasteiger charge is 2.34. The molecule has 1 fully saturated rings. The van der Waals surface area contributed by atoms with Crippen LogP contribution in [0.1, 0.15) is 18.5 Å². The molecule has 0 saturated heterocycles. The van der Waals surface area contributed by atoms with Crippen molar-refractivity contribution in [3.8, 4) is 5.88 Å². The zero-order valence-electron chi connectivity index (χ0n) is 10.1.